The van der Waals surface area contributed by atoms with Crippen molar-refractivity contribution >= 4 is 29.1 Å². The van der Waals surface area contributed by atoms with Crippen LogP contribution in [-0.4, -0.2) is 50.6 Å². The molecular weight excluding hydrogens is 514 g/mol. The minimum absolute atomic E-state index is 0.193. The molecule has 0 amide bonds. The number of esters is 1. The van der Waals surface area contributed by atoms with Gasteiger partial charge in [0, 0.05) is 18.8 Å². The molecule has 0 spiro atoms. The first-order valence-electron chi connectivity index (χ1n) is 13.3. The van der Waals surface area contributed by atoms with Crippen LogP contribution >= 0.6 is 11.3 Å². The summed E-state index contributed by atoms with van der Waals surface area (Å²) in [6.07, 6.45) is 3.29. The molecule has 0 bridgehead atoms. The number of benzene rings is 2. The van der Waals surface area contributed by atoms with E-state index in [-0.39, 0.29) is 12.2 Å². The summed E-state index contributed by atoms with van der Waals surface area (Å²) in [4.78, 5) is 34.9. The molecule has 8 nitrogen and oxygen atoms in total. The van der Waals surface area contributed by atoms with E-state index in [4.69, 9.17) is 19.2 Å². The number of anilines is 1. The van der Waals surface area contributed by atoms with Crippen molar-refractivity contribution in [3.63, 3.8) is 0 Å². The van der Waals surface area contributed by atoms with Gasteiger partial charge in [0.05, 0.1) is 48.8 Å². The second-order valence-corrected chi connectivity index (χ2v) is 10.4. The Bertz CT molecular complexity index is 1550. The van der Waals surface area contributed by atoms with Crippen molar-refractivity contribution in [3.8, 4) is 5.75 Å². The number of rotatable bonds is 8. The van der Waals surface area contributed by atoms with Crippen LogP contribution in [0, 0.1) is 0 Å². The van der Waals surface area contributed by atoms with Gasteiger partial charge in [-0.25, -0.2) is 9.79 Å². The van der Waals surface area contributed by atoms with E-state index in [0.29, 0.717) is 32.8 Å². The fourth-order valence-electron chi connectivity index (χ4n) is 5.00. The third kappa shape index (κ3) is 5.55. The number of allylic oxidation sites excluding steroid dienone is 1. The second-order valence-electron chi connectivity index (χ2n) is 9.38. The van der Waals surface area contributed by atoms with Crippen molar-refractivity contribution in [2.24, 2.45) is 4.99 Å². The molecule has 3 aromatic rings. The number of hydrogen-bond acceptors (Lipinski definition) is 8. The van der Waals surface area contributed by atoms with Gasteiger partial charge >= 0.3 is 5.97 Å². The summed E-state index contributed by atoms with van der Waals surface area (Å²) in [7, 11) is 1.60. The van der Waals surface area contributed by atoms with Gasteiger partial charge in [-0.15, -0.1) is 0 Å². The van der Waals surface area contributed by atoms with Crippen molar-refractivity contribution in [2.75, 3.05) is 44.9 Å². The molecule has 204 valence electrons. The molecule has 2 aromatic carbocycles. The third-order valence-corrected chi connectivity index (χ3v) is 7.85. The smallest absolute Gasteiger partial charge is 0.338 e. The van der Waals surface area contributed by atoms with E-state index in [0.717, 1.165) is 49.5 Å². The molecule has 1 saturated heterocycles. The van der Waals surface area contributed by atoms with E-state index in [1.807, 2.05) is 49.4 Å². The average Bonchev–Trinajstić information content (AvgIpc) is 3.27. The van der Waals surface area contributed by atoms with Crippen LogP contribution in [0.4, 0.5) is 5.69 Å². The second kappa shape index (κ2) is 12.0. The number of aromatic nitrogens is 1. The Balaban J connectivity index is 1.63. The van der Waals surface area contributed by atoms with Crippen LogP contribution in [0.3, 0.4) is 0 Å². The van der Waals surface area contributed by atoms with Crippen LogP contribution in [0.25, 0.3) is 6.08 Å². The van der Waals surface area contributed by atoms with Crippen molar-refractivity contribution in [1.29, 1.82) is 0 Å². The molecule has 0 saturated carbocycles. The zero-order chi connectivity index (χ0) is 27.4. The summed E-state index contributed by atoms with van der Waals surface area (Å²) in [5.74, 6) is 0.192. The zero-order valence-corrected chi connectivity index (χ0v) is 23.3. The standard InChI is InChI=1S/C30H33N3O5S/c1-4-7-24-26(29(35)38-5-2)27(21-8-6-9-23(19-21)36-3)33-28(34)25(39-30(33)31-24)18-20-10-12-22(13-11-20)32-14-16-37-17-15-32/h6,8-13,18-19,27H,4-5,7,14-17H2,1-3H3/b25-18+/t27-/m1/s1. The van der Waals surface area contributed by atoms with Crippen LogP contribution in [0.2, 0.25) is 0 Å². The van der Waals surface area contributed by atoms with Gasteiger partial charge in [-0.3, -0.25) is 9.36 Å². The largest absolute Gasteiger partial charge is 0.497 e. The van der Waals surface area contributed by atoms with Crippen LogP contribution in [0.5, 0.6) is 5.75 Å². The first-order valence-corrected chi connectivity index (χ1v) is 14.1. The molecule has 2 aliphatic heterocycles. The fourth-order valence-corrected chi connectivity index (χ4v) is 6.02. The monoisotopic (exact) mass is 547 g/mol. The highest BCUT2D eigenvalue weighted by atomic mass is 32.1. The average molecular weight is 548 g/mol. The molecule has 1 aromatic heterocycles. The number of morpholine rings is 1. The van der Waals surface area contributed by atoms with Crippen LogP contribution in [0.15, 0.2) is 69.6 Å². The molecular formula is C30H33N3O5S. The maximum absolute atomic E-state index is 13.9. The molecule has 1 atom stereocenters. The number of carbonyl (C=O) groups is 1. The van der Waals surface area contributed by atoms with Gasteiger partial charge in [0.2, 0.25) is 0 Å². The van der Waals surface area contributed by atoms with E-state index >= 15 is 0 Å². The van der Waals surface area contributed by atoms with Crippen LogP contribution in [0.1, 0.15) is 43.9 Å². The van der Waals surface area contributed by atoms with Crippen molar-refractivity contribution < 1.29 is 19.0 Å². The summed E-state index contributed by atoms with van der Waals surface area (Å²) in [5.41, 5.74) is 3.70. The van der Waals surface area contributed by atoms with Crippen molar-refractivity contribution in [2.45, 2.75) is 32.7 Å². The minimum atomic E-state index is -0.664. The Kier molecular flexibility index (Phi) is 8.28. The summed E-state index contributed by atoms with van der Waals surface area (Å²) in [6.45, 7) is 7.24. The Hall–Kier alpha value is -3.69. The number of ether oxygens (including phenoxy) is 3. The molecule has 0 radical (unpaired) electrons. The first-order chi connectivity index (χ1) is 19.0. The number of methoxy groups -OCH3 is 1. The Morgan fingerprint density at radius 2 is 1.92 bits per heavy atom. The van der Waals surface area contributed by atoms with Gasteiger partial charge < -0.3 is 19.1 Å². The predicted molar refractivity (Wildman–Crippen MR) is 152 cm³/mol. The number of hydrogen-bond donors (Lipinski definition) is 0. The number of carbonyl (C=O) groups excluding carboxylic acids is 1. The van der Waals surface area contributed by atoms with Gasteiger partial charge in [-0.05, 0) is 54.8 Å². The lowest BCUT2D eigenvalue weighted by Gasteiger charge is -2.28. The normalized spacial score (nSPS) is 17.6. The molecule has 3 heterocycles. The third-order valence-electron chi connectivity index (χ3n) is 6.87. The minimum Gasteiger partial charge on any atom is -0.497 e. The molecule has 0 unspecified atom stereocenters. The van der Waals surface area contributed by atoms with E-state index in [1.165, 1.54) is 11.3 Å². The highest BCUT2D eigenvalue weighted by molar-refractivity contribution is 7.07. The zero-order valence-electron chi connectivity index (χ0n) is 22.5. The lowest BCUT2D eigenvalue weighted by molar-refractivity contribution is -0.139. The maximum atomic E-state index is 13.9. The summed E-state index contributed by atoms with van der Waals surface area (Å²) in [5, 5.41) is 0. The van der Waals surface area contributed by atoms with E-state index in [9.17, 15) is 9.59 Å². The van der Waals surface area contributed by atoms with Gasteiger partial charge in [-0.2, -0.15) is 0 Å². The SMILES string of the molecule is CCCC1=C(C(=O)OCC)[C@@H](c2cccc(OC)c2)n2c(s/c(=C/c3ccc(N4CCOCC4)cc3)c2=O)=N1. The molecule has 2 aliphatic rings. The summed E-state index contributed by atoms with van der Waals surface area (Å²) < 4.78 is 18.6. The van der Waals surface area contributed by atoms with Crippen LogP contribution < -0.4 is 24.5 Å². The molecule has 39 heavy (non-hydrogen) atoms. The van der Waals surface area contributed by atoms with Gasteiger partial charge in [0.15, 0.2) is 4.80 Å². The summed E-state index contributed by atoms with van der Waals surface area (Å²) >= 11 is 1.34. The lowest BCUT2D eigenvalue weighted by Crippen LogP contribution is -2.40. The summed E-state index contributed by atoms with van der Waals surface area (Å²) in [6, 6.07) is 15.0. The van der Waals surface area contributed by atoms with Gasteiger partial charge in [-0.1, -0.05) is 48.9 Å². The quantitative estimate of drug-likeness (QED) is 0.402. The Morgan fingerprint density at radius 1 is 1.15 bits per heavy atom. The van der Waals surface area contributed by atoms with Crippen molar-refractivity contribution in [3.05, 3.63) is 90.6 Å². The fraction of sp³-hybridized carbons (Fsp3) is 0.367. The number of thiazole rings is 1. The van der Waals surface area contributed by atoms with E-state index in [2.05, 4.69) is 17.0 Å². The van der Waals surface area contributed by atoms with Crippen LogP contribution in [-0.2, 0) is 14.3 Å². The molecule has 1 fully saturated rings. The highest BCUT2D eigenvalue weighted by Crippen LogP contribution is 2.33. The van der Waals surface area contributed by atoms with E-state index in [1.54, 1.807) is 18.6 Å². The number of nitrogens with zero attached hydrogens (tertiary/aromatic N) is 3. The molecule has 9 heteroatoms. The molecule has 0 aliphatic carbocycles. The molecule has 5 rings (SSSR count). The maximum Gasteiger partial charge on any atom is 0.338 e. The van der Waals surface area contributed by atoms with Gasteiger partial charge in [0.1, 0.15) is 5.75 Å². The number of fused-ring (bicyclic) bond motifs is 1. The molecule has 0 N–H and O–H groups in total. The highest BCUT2D eigenvalue weighted by Gasteiger charge is 2.34. The lowest BCUT2D eigenvalue weighted by atomic mass is 9.94. The van der Waals surface area contributed by atoms with E-state index < -0.39 is 12.0 Å². The van der Waals surface area contributed by atoms with Crippen molar-refractivity contribution in [1.82, 2.24) is 4.57 Å². The van der Waals surface area contributed by atoms with Gasteiger partial charge in [0.25, 0.3) is 5.56 Å². The Morgan fingerprint density at radius 3 is 2.62 bits per heavy atom. The first kappa shape index (κ1) is 26.9. The topological polar surface area (TPSA) is 82.4 Å². The predicted octanol–water partition coefficient (Wildman–Crippen LogP) is 3.42. The Labute approximate surface area is 231 Å².